The molecule has 0 radical (unpaired) electrons. The van der Waals surface area contributed by atoms with E-state index < -0.39 is 11.9 Å². The van der Waals surface area contributed by atoms with E-state index >= 15 is 0 Å². The van der Waals surface area contributed by atoms with Crippen molar-refractivity contribution in [1.29, 1.82) is 0 Å². The van der Waals surface area contributed by atoms with Crippen LogP contribution in [0.4, 0.5) is 0 Å². The summed E-state index contributed by atoms with van der Waals surface area (Å²) in [7, 11) is 0. The Morgan fingerprint density at radius 3 is 2.53 bits per heavy atom. The van der Waals surface area contributed by atoms with Crippen LogP contribution in [0.3, 0.4) is 0 Å². The fourth-order valence-electron chi connectivity index (χ4n) is 1.74. The Hall–Kier alpha value is -0.900. The van der Waals surface area contributed by atoms with Crippen molar-refractivity contribution in [2.45, 2.75) is 31.8 Å². The molecule has 0 saturated carbocycles. The lowest BCUT2D eigenvalue weighted by Gasteiger charge is -2.20. The molecule has 15 heavy (non-hydrogen) atoms. The van der Waals surface area contributed by atoms with Gasteiger partial charge in [0.1, 0.15) is 12.2 Å². The van der Waals surface area contributed by atoms with Crippen molar-refractivity contribution < 1.29 is 14.6 Å². The quantitative estimate of drug-likeness (QED) is 0.806. The van der Waals surface area contributed by atoms with Crippen LogP contribution in [-0.4, -0.2) is 23.6 Å². The first-order valence-corrected chi connectivity index (χ1v) is 5.13. The van der Waals surface area contributed by atoms with Crippen LogP contribution in [-0.2, 0) is 9.47 Å². The highest BCUT2D eigenvalue weighted by atomic mass is 16.7. The van der Waals surface area contributed by atoms with E-state index in [1.165, 1.54) is 0 Å². The summed E-state index contributed by atoms with van der Waals surface area (Å²) >= 11 is 0. The van der Waals surface area contributed by atoms with E-state index in [1.807, 2.05) is 44.2 Å². The normalized spacial score (nSPS) is 26.5. The smallest absolute Gasteiger partial charge is 0.163 e. The molecule has 1 aromatic rings. The summed E-state index contributed by atoms with van der Waals surface area (Å²) in [5, 5.41) is 10.0. The summed E-state index contributed by atoms with van der Waals surface area (Å²) < 4.78 is 11.0. The van der Waals surface area contributed by atoms with E-state index in [0.717, 1.165) is 5.56 Å². The van der Waals surface area contributed by atoms with E-state index in [0.29, 0.717) is 6.61 Å². The van der Waals surface area contributed by atoms with Crippen LogP contribution in [0.5, 0.6) is 0 Å². The molecule has 1 aliphatic heterocycles. The molecule has 0 unspecified atom stereocenters. The maximum Gasteiger partial charge on any atom is 0.163 e. The minimum atomic E-state index is -0.618. The topological polar surface area (TPSA) is 38.7 Å². The zero-order valence-electron chi connectivity index (χ0n) is 9.01. The average Bonchev–Trinajstić information content (AvgIpc) is 2.59. The number of benzene rings is 1. The first kappa shape index (κ1) is 10.6. The zero-order valence-corrected chi connectivity index (χ0v) is 9.01. The molecule has 2 rings (SSSR count). The van der Waals surface area contributed by atoms with E-state index in [2.05, 4.69) is 0 Å². The van der Waals surface area contributed by atoms with Crippen molar-refractivity contribution in [3.8, 4) is 0 Å². The van der Waals surface area contributed by atoms with Crippen LogP contribution in [0.1, 0.15) is 25.5 Å². The third-order valence-electron chi connectivity index (χ3n) is 2.52. The molecule has 3 nitrogen and oxygen atoms in total. The molecule has 0 bridgehead atoms. The molecule has 2 atom stereocenters. The highest BCUT2D eigenvalue weighted by Crippen LogP contribution is 2.30. The van der Waals surface area contributed by atoms with Gasteiger partial charge >= 0.3 is 0 Å². The summed E-state index contributed by atoms with van der Waals surface area (Å²) in [6.07, 6.45) is -0.893. The molecule has 1 N–H and O–H groups in total. The minimum Gasteiger partial charge on any atom is -0.386 e. The molecule has 82 valence electrons. The average molecular weight is 208 g/mol. The molecule has 0 aliphatic carbocycles. The number of aliphatic hydroxyl groups is 1. The molecule has 1 saturated heterocycles. The molecular formula is C12H16O3. The van der Waals surface area contributed by atoms with Crippen molar-refractivity contribution in [2.75, 3.05) is 6.61 Å². The van der Waals surface area contributed by atoms with Gasteiger partial charge in [0.25, 0.3) is 0 Å². The van der Waals surface area contributed by atoms with Gasteiger partial charge in [0.05, 0.1) is 6.61 Å². The molecule has 0 aromatic heterocycles. The summed E-state index contributed by atoms with van der Waals surface area (Å²) in [4.78, 5) is 0. The van der Waals surface area contributed by atoms with Crippen LogP contribution >= 0.6 is 0 Å². The second kappa shape index (κ2) is 3.93. The van der Waals surface area contributed by atoms with E-state index in [-0.39, 0.29) is 6.10 Å². The fourth-order valence-corrected chi connectivity index (χ4v) is 1.74. The lowest BCUT2D eigenvalue weighted by Crippen LogP contribution is -2.25. The monoisotopic (exact) mass is 208 g/mol. The first-order valence-electron chi connectivity index (χ1n) is 5.13. The third-order valence-corrected chi connectivity index (χ3v) is 2.52. The molecule has 1 aromatic carbocycles. The number of hydrogen-bond acceptors (Lipinski definition) is 3. The number of hydrogen-bond donors (Lipinski definition) is 1. The number of ether oxygens (including phenoxy) is 2. The second-order valence-electron chi connectivity index (χ2n) is 4.22. The van der Waals surface area contributed by atoms with Crippen molar-refractivity contribution in [2.24, 2.45) is 0 Å². The van der Waals surface area contributed by atoms with Crippen molar-refractivity contribution >= 4 is 0 Å². The maximum absolute atomic E-state index is 10.0. The van der Waals surface area contributed by atoms with Gasteiger partial charge in [-0.05, 0) is 19.4 Å². The Kier molecular flexibility index (Phi) is 2.78. The van der Waals surface area contributed by atoms with Gasteiger partial charge in [-0.1, -0.05) is 30.3 Å². The minimum absolute atomic E-state index is 0.276. The molecular weight excluding hydrogens is 192 g/mol. The van der Waals surface area contributed by atoms with Crippen LogP contribution in [0.2, 0.25) is 0 Å². The van der Waals surface area contributed by atoms with Gasteiger partial charge in [0, 0.05) is 0 Å². The molecule has 1 fully saturated rings. The predicted molar refractivity (Wildman–Crippen MR) is 56.3 cm³/mol. The second-order valence-corrected chi connectivity index (χ2v) is 4.22. The Balaban J connectivity index is 2.07. The molecule has 0 amide bonds. The van der Waals surface area contributed by atoms with Crippen LogP contribution < -0.4 is 0 Å². The lowest BCUT2D eigenvalue weighted by molar-refractivity contribution is -0.151. The predicted octanol–water partition coefficient (Wildman–Crippen LogP) is 1.87. The standard InChI is InChI=1S/C12H16O3/c1-12(2)14-8-10(15-12)11(13)9-6-4-3-5-7-9/h3-7,10-11,13H,8H2,1-2H3/t10-,11-/m0/s1. The third kappa shape index (κ3) is 2.37. The van der Waals surface area contributed by atoms with Crippen LogP contribution in [0.25, 0.3) is 0 Å². The summed E-state index contributed by atoms with van der Waals surface area (Å²) in [6, 6.07) is 9.50. The molecule has 0 spiro atoms. The summed E-state index contributed by atoms with van der Waals surface area (Å²) in [5.41, 5.74) is 0.865. The zero-order chi connectivity index (χ0) is 10.9. The van der Waals surface area contributed by atoms with Crippen LogP contribution in [0, 0.1) is 0 Å². The van der Waals surface area contributed by atoms with E-state index in [1.54, 1.807) is 0 Å². The van der Waals surface area contributed by atoms with Gasteiger partial charge < -0.3 is 14.6 Å². The molecule has 3 heteroatoms. The fraction of sp³-hybridized carbons (Fsp3) is 0.500. The Morgan fingerprint density at radius 1 is 1.33 bits per heavy atom. The SMILES string of the molecule is CC1(C)OC[C@@H]([C@@H](O)c2ccccc2)O1. The van der Waals surface area contributed by atoms with Gasteiger partial charge in [-0.25, -0.2) is 0 Å². The van der Waals surface area contributed by atoms with Gasteiger partial charge in [-0.2, -0.15) is 0 Å². The number of aliphatic hydroxyl groups excluding tert-OH is 1. The highest BCUT2D eigenvalue weighted by molar-refractivity contribution is 5.18. The summed E-state index contributed by atoms with van der Waals surface area (Å²) in [5.74, 6) is -0.583. The van der Waals surface area contributed by atoms with Gasteiger partial charge in [-0.15, -0.1) is 0 Å². The number of rotatable bonds is 2. The Labute approximate surface area is 89.6 Å². The van der Waals surface area contributed by atoms with Gasteiger partial charge in [-0.3, -0.25) is 0 Å². The van der Waals surface area contributed by atoms with Crippen molar-refractivity contribution in [3.63, 3.8) is 0 Å². The Morgan fingerprint density at radius 2 is 2.00 bits per heavy atom. The largest absolute Gasteiger partial charge is 0.386 e. The van der Waals surface area contributed by atoms with Crippen molar-refractivity contribution in [1.82, 2.24) is 0 Å². The Bertz CT molecular complexity index is 321. The summed E-state index contributed by atoms with van der Waals surface area (Å²) in [6.45, 7) is 4.14. The van der Waals surface area contributed by atoms with E-state index in [4.69, 9.17) is 9.47 Å². The maximum atomic E-state index is 10.0. The first-order chi connectivity index (χ1) is 7.08. The van der Waals surface area contributed by atoms with Gasteiger partial charge in [0.2, 0.25) is 0 Å². The van der Waals surface area contributed by atoms with Gasteiger partial charge in [0.15, 0.2) is 5.79 Å². The highest BCUT2D eigenvalue weighted by Gasteiger charge is 2.37. The molecule has 1 heterocycles. The van der Waals surface area contributed by atoms with Crippen molar-refractivity contribution in [3.05, 3.63) is 35.9 Å². The molecule has 1 aliphatic rings. The van der Waals surface area contributed by atoms with E-state index in [9.17, 15) is 5.11 Å². The van der Waals surface area contributed by atoms with Crippen LogP contribution in [0.15, 0.2) is 30.3 Å². The lowest BCUT2D eigenvalue weighted by atomic mass is 10.1.